The summed E-state index contributed by atoms with van der Waals surface area (Å²) in [5.74, 6) is 0.644. The number of carbonyl (C=O) groups is 1. The van der Waals surface area contributed by atoms with E-state index in [9.17, 15) is 4.79 Å². The molecular formula is C13H18ClNO2. The van der Waals surface area contributed by atoms with E-state index >= 15 is 0 Å². The fourth-order valence-corrected chi connectivity index (χ4v) is 1.51. The summed E-state index contributed by atoms with van der Waals surface area (Å²) < 4.78 is 5.41. The summed E-state index contributed by atoms with van der Waals surface area (Å²) >= 11 is 5.70. The van der Waals surface area contributed by atoms with Gasteiger partial charge in [-0.2, -0.15) is 0 Å². The van der Waals surface area contributed by atoms with Crippen LogP contribution in [0.5, 0.6) is 5.75 Å². The maximum absolute atomic E-state index is 11.5. The van der Waals surface area contributed by atoms with Gasteiger partial charge < -0.3 is 10.1 Å². The molecule has 0 saturated heterocycles. The smallest absolute Gasteiger partial charge is 0.238 e. The van der Waals surface area contributed by atoms with Gasteiger partial charge in [0.2, 0.25) is 5.91 Å². The SMILES string of the molecule is CCOc1cccc(C(C)NC(=O)C(C)Cl)c1. The minimum atomic E-state index is -0.521. The Balaban J connectivity index is 2.71. The molecule has 0 aliphatic carbocycles. The van der Waals surface area contributed by atoms with Gasteiger partial charge in [-0.25, -0.2) is 0 Å². The molecular weight excluding hydrogens is 238 g/mol. The molecule has 2 unspecified atom stereocenters. The van der Waals surface area contributed by atoms with E-state index in [1.165, 1.54) is 0 Å². The number of halogens is 1. The maximum Gasteiger partial charge on any atom is 0.238 e. The highest BCUT2D eigenvalue weighted by atomic mass is 35.5. The second kappa shape index (κ2) is 6.50. The Bertz CT molecular complexity index is 379. The van der Waals surface area contributed by atoms with E-state index in [1.54, 1.807) is 6.92 Å². The Morgan fingerprint density at radius 3 is 2.76 bits per heavy atom. The highest BCUT2D eigenvalue weighted by Gasteiger charge is 2.13. The van der Waals surface area contributed by atoms with Crippen LogP contribution >= 0.6 is 11.6 Å². The molecule has 1 aromatic rings. The summed E-state index contributed by atoms with van der Waals surface area (Å²) in [4.78, 5) is 11.5. The molecule has 0 aromatic heterocycles. The van der Waals surface area contributed by atoms with E-state index in [0.29, 0.717) is 6.61 Å². The number of ether oxygens (including phenoxy) is 1. The highest BCUT2D eigenvalue weighted by Crippen LogP contribution is 2.19. The van der Waals surface area contributed by atoms with Crippen LogP contribution in [-0.2, 0) is 4.79 Å². The van der Waals surface area contributed by atoms with Gasteiger partial charge in [-0.1, -0.05) is 12.1 Å². The molecule has 0 aliphatic rings. The fraction of sp³-hybridized carbons (Fsp3) is 0.462. The maximum atomic E-state index is 11.5. The van der Waals surface area contributed by atoms with Gasteiger partial charge in [0.05, 0.1) is 12.6 Å². The molecule has 94 valence electrons. The highest BCUT2D eigenvalue weighted by molar-refractivity contribution is 6.30. The van der Waals surface area contributed by atoms with Gasteiger partial charge >= 0.3 is 0 Å². The van der Waals surface area contributed by atoms with E-state index in [2.05, 4.69) is 5.32 Å². The zero-order valence-corrected chi connectivity index (χ0v) is 11.1. The van der Waals surface area contributed by atoms with Gasteiger partial charge in [-0.3, -0.25) is 4.79 Å². The van der Waals surface area contributed by atoms with Crippen LogP contribution in [-0.4, -0.2) is 17.9 Å². The number of hydrogen-bond acceptors (Lipinski definition) is 2. The predicted octanol–water partition coefficient (Wildman–Crippen LogP) is 2.89. The first-order valence-electron chi connectivity index (χ1n) is 5.71. The number of nitrogens with one attached hydrogen (secondary N) is 1. The molecule has 0 fully saturated rings. The van der Waals surface area contributed by atoms with Crippen LogP contribution in [0.1, 0.15) is 32.4 Å². The van der Waals surface area contributed by atoms with Crippen molar-refractivity contribution in [3.63, 3.8) is 0 Å². The molecule has 0 radical (unpaired) electrons. The van der Waals surface area contributed by atoms with Crippen molar-refractivity contribution in [3.8, 4) is 5.75 Å². The van der Waals surface area contributed by atoms with E-state index < -0.39 is 5.38 Å². The van der Waals surface area contributed by atoms with Crippen molar-refractivity contribution in [2.24, 2.45) is 0 Å². The lowest BCUT2D eigenvalue weighted by Gasteiger charge is -2.16. The summed E-state index contributed by atoms with van der Waals surface area (Å²) in [6.07, 6.45) is 0. The number of benzene rings is 1. The summed E-state index contributed by atoms with van der Waals surface area (Å²) in [6, 6.07) is 7.60. The lowest BCUT2D eigenvalue weighted by Crippen LogP contribution is -2.31. The second-order valence-corrected chi connectivity index (χ2v) is 4.51. The Morgan fingerprint density at radius 1 is 1.47 bits per heavy atom. The van der Waals surface area contributed by atoms with E-state index in [0.717, 1.165) is 11.3 Å². The first kappa shape index (κ1) is 13.8. The van der Waals surface area contributed by atoms with Crippen molar-refractivity contribution in [1.29, 1.82) is 0 Å². The van der Waals surface area contributed by atoms with E-state index in [4.69, 9.17) is 16.3 Å². The molecule has 0 spiro atoms. The van der Waals surface area contributed by atoms with Crippen molar-refractivity contribution in [2.45, 2.75) is 32.2 Å². The van der Waals surface area contributed by atoms with Crippen molar-refractivity contribution in [3.05, 3.63) is 29.8 Å². The van der Waals surface area contributed by atoms with E-state index in [1.807, 2.05) is 38.1 Å². The molecule has 1 rings (SSSR count). The molecule has 17 heavy (non-hydrogen) atoms. The average Bonchev–Trinajstić information content (AvgIpc) is 2.29. The van der Waals surface area contributed by atoms with Crippen LogP contribution in [0, 0.1) is 0 Å². The van der Waals surface area contributed by atoms with Crippen LogP contribution in [0.25, 0.3) is 0 Å². The van der Waals surface area contributed by atoms with Crippen LogP contribution < -0.4 is 10.1 Å². The normalized spacial score (nSPS) is 13.9. The van der Waals surface area contributed by atoms with Crippen LogP contribution in [0.4, 0.5) is 0 Å². The van der Waals surface area contributed by atoms with Crippen molar-refractivity contribution < 1.29 is 9.53 Å². The second-order valence-electron chi connectivity index (χ2n) is 3.85. The molecule has 4 heteroatoms. The van der Waals surface area contributed by atoms with Gasteiger partial charge in [0.25, 0.3) is 0 Å². The number of carbonyl (C=O) groups excluding carboxylic acids is 1. The quantitative estimate of drug-likeness (QED) is 0.822. The zero-order chi connectivity index (χ0) is 12.8. The third-order valence-corrected chi connectivity index (χ3v) is 2.59. The molecule has 0 bridgehead atoms. The first-order valence-corrected chi connectivity index (χ1v) is 6.15. The molecule has 1 N–H and O–H groups in total. The number of rotatable bonds is 5. The lowest BCUT2D eigenvalue weighted by atomic mass is 10.1. The number of amides is 1. The van der Waals surface area contributed by atoms with Gasteiger partial charge in [0.1, 0.15) is 11.1 Å². The summed E-state index contributed by atoms with van der Waals surface area (Å²) in [5, 5.41) is 2.32. The molecule has 1 amide bonds. The fourth-order valence-electron chi connectivity index (χ4n) is 1.45. The minimum Gasteiger partial charge on any atom is -0.494 e. The molecule has 0 heterocycles. The Labute approximate surface area is 107 Å². The summed E-state index contributed by atoms with van der Waals surface area (Å²) in [6.45, 7) is 6.14. The Morgan fingerprint density at radius 2 is 2.18 bits per heavy atom. The average molecular weight is 256 g/mol. The van der Waals surface area contributed by atoms with Crippen LogP contribution in [0.2, 0.25) is 0 Å². The third-order valence-electron chi connectivity index (χ3n) is 2.39. The van der Waals surface area contributed by atoms with Gasteiger partial charge in [-0.05, 0) is 38.5 Å². The summed E-state index contributed by atoms with van der Waals surface area (Å²) in [7, 11) is 0. The predicted molar refractivity (Wildman–Crippen MR) is 69.5 cm³/mol. The third kappa shape index (κ3) is 4.27. The lowest BCUT2D eigenvalue weighted by molar-refractivity contribution is -0.121. The van der Waals surface area contributed by atoms with Crippen LogP contribution in [0.15, 0.2) is 24.3 Å². The van der Waals surface area contributed by atoms with E-state index in [-0.39, 0.29) is 11.9 Å². The number of alkyl halides is 1. The number of hydrogen-bond donors (Lipinski definition) is 1. The molecule has 0 saturated carbocycles. The summed E-state index contributed by atoms with van der Waals surface area (Å²) in [5.41, 5.74) is 1.00. The molecule has 3 nitrogen and oxygen atoms in total. The van der Waals surface area contributed by atoms with Crippen LogP contribution in [0.3, 0.4) is 0 Å². The van der Waals surface area contributed by atoms with Crippen molar-refractivity contribution in [1.82, 2.24) is 5.32 Å². The largest absolute Gasteiger partial charge is 0.494 e. The topological polar surface area (TPSA) is 38.3 Å². The van der Waals surface area contributed by atoms with Gasteiger partial charge in [-0.15, -0.1) is 11.6 Å². The Kier molecular flexibility index (Phi) is 5.29. The molecule has 1 aromatic carbocycles. The molecule has 2 atom stereocenters. The monoisotopic (exact) mass is 255 g/mol. The molecule has 0 aliphatic heterocycles. The Hall–Kier alpha value is -1.22. The van der Waals surface area contributed by atoms with Gasteiger partial charge in [0.15, 0.2) is 0 Å². The van der Waals surface area contributed by atoms with Crippen molar-refractivity contribution >= 4 is 17.5 Å². The first-order chi connectivity index (χ1) is 8.04. The minimum absolute atomic E-state index is 0.0795. The van der Waals surface area contributed by atoms with Gasteiger partial charge in [0, 0.05) is 0 Å². The van der Waals surface area contributed by atoms with Crippen molar-refractivity contribution in [2.75, 3.05) is 6.61 Å². The standard InChI is InChI=1S/C13H18ClNO2/c1-4-17-12-7-5-6-11(8-12)10(3)15-13(16)9(2)14/h5-10H,4H2,1-3H3,(H,15,16). The zero-order valence-electron chi connectivity index (χ0n) is 10.4.